The van der Waals surface area contributed by atoms with Gasteiger partial charge < -0.3 is 9.63 Å². The van der Waals surface area contributed by atoms with Crippen LogP contribution in [0, 0.1) is 6.92 Å². The summed E-state index contributed by atoms with van der Waals surface area (Å²) in [5.41, 5.74) is 0. The van der Waals surface area contributed by atoms with Gasteiger partial charge in [-0.25, -0.2) is 0 Å². The first-order valence-electron chi connectivity index (χ1n) is 4.93. The molecular formula is C9H15N3O2. The van der Waals surface area contributed by atoms with Gasteiger partial charge in [-0.3, -0.25) is 4.90 Å². The predicted octanol–water partition coefficient (Wildman–Crippen LogP) is 0.335. The van der Waals surface area contributed by atoms with Gasteiger partial charge in [0, 0.05) is 20.0 Å². The van der Waals surface area contributed by atoms with E-state index in [1.54, 1.807) is 6.92 Å². The standard InChI is InChI=1S/C9H15N3O2/c1-7-10-9(11-14-7)6-12-4-2-8(13)3-5-12/h8,13H,2-6H2,1H3. The van der Waals surface area contributed by atoms with Gasteiger partial charge in [0.25, 0.3) is 0 Å². The van der Waals surface area contributed by atoms with Crippen molar-refractivity contribution >= 4 is 0 Å². The SMILES string of the molecule is Cc1nc(CN2CCC(O)CC2)no1. The normalized spacial score (nSPS) is 20.1. The molecule has 5 heteroatoms. The lowest BCUT2D eigenvalue weighted by Gasteiger charge is -2.28. The highest BCUT2D eigenvalue weighted by atomic mass is 16.5. The molecule has 1 aliphatic heterocycles. The Hall–Kier alpha value is -0.940. The van der Waals surface area contributed by atoms with Crippen molar-refractivity contribution < 1.29 is 9.63 Å². The minimum atomic E-state index is -0.127. The Bertz CT molecular complexity index is 292. The summed E-state index contributed by atoms with van der Waals surface area (Å²) < 4.78 is 4.89. The van der Waals surface area contributed by atoms with Crippen molar-refractivity contribution in [3.05, 3.63) is 11.7 Å². The Kier molecular flexibility index (Phi) is 2.79. The molecule has 1 saturated heterocycles. The average molecular weight is 197 g/mol. The molecule has 0 spiro atoms. The number of aryl methyl sites for hydroxylation is 1. The minimum absolute atomic E-state index is 0.127. The molecule has 0 unspecified atom stereocenters. The molecule has 78 valence electrons. The van der Waals surface area contributed by atoms with Crippen molar-refractivity contribution in [2.75, 3.05) is 13.1 Å². The highest BCUT2D eigenvalue weighted by Gasteiger charge is 2.18. The van der Waals surface area contributed by atoms with Crippen molar-refractivity contribution in [2.45, 2.75) is 32.4 Å². The fraction of sp³-hybridized carbons (Fsp3) is 0.778. The number of aliphatic hydroxyl groups is 1. The smallest absolute Gasteiger partial charge is 0.223 e. The quantitative estimate of drug-likeness (QED) is 0.740. The summed E-state index contributed by atoms with van der Waals surface area (Å²) in [5.74, 6) is 1.34. The maximum atomic E-state index is 9.32. The second kappa shape index (κ2) is 4.06. The highest BCUT2D eigenvalue weighted by molar-refractivity contribution is 4.85. The summed E-state index contributed by atoms with van der Waals surface area (Å²) >= 11 is 0. The Morgan fingerprint density at radius 3 is 2.79 bits per heavy atom. The van der Waals surface area contributed by atoms with E-state index < -0.39 is 0 Å². The van der Waals surface area contributed by atoms with Crippen molar-refractivity contribution in [1.82, 2.24) is 15.0 Å². The zero-order valence-corrected chi connectivity index (χ0v) is 8.31. The molecule has 0 aliphatic carbocycles. The summed E-state index contributed by atoms with van der Waals surface area (Å²) in [5, 5.41) is 13.2. The van der Waals surface area contributed by atoms with E-state index in [9.17, 15) is 5.11 Å². The molecule has 1 aromatic heterocycles. The maximum Gasteiger partial charge on any atom is 0.223 e. The lowest BCUT2D eigenvalue weighted by molar-refractivity contribution is 0.0777. The van der Waals surface area contributed by atoms with Gasteiger partial charge in [0.05, 0.1) is 12.6 Å². The first-order chi connectivity index (χ1) is 6.74. The van der Waals surface area contributed by atoms with E-state index in [-0.39, 0.29) is 6.10 Å². The average Bonchev–Trinajstić information content (AvgIpc) is 2.56. The van der Waals surface area contributed by atoms with E-state index in [1.807, 2.05) is 0 Å². The van der Waals surface area contributed by atoms with Crippen LogP contribution in [-0.4, -0.2) is 39.3 Å². The number of aliphatic hydroxyl groups excluding tert-OH is 1. The number of likely N-dealkylation sites (tertiary alicyclic amines) is 1. The molecular weight excluding hydrogens is 182 g/mol. The molecule has 0 radical (unpaired) electrons. The summed E-state index contributed by atoms with van der Waals surface area (Å²) in [6.07, 6.45) is 1.56. The molecule has 0 atom stereocenters. The van der Waals surface area contributed by atoms with Crippen LogP contribution >= 0.6 is 0 Å². The van der Waals surface area contributed by atoms with E-state index in [1.165, 1.54) is 0 Å². The zero-order valence-electron chi connectivity index (χ0n) is 8.31. The number of hydrogen-bond donors (Lipinski definition) is 1. The Labute approximate surface area is 82.7 Å². The molecule has 2 heterocycles. The Balaban J connectivity index is 1.86. The third-order valence-electron chi connectivity index (χ3n) is 2.49. The zero-order chi connectivity index (χ0) is 9.97. The molecule has 2 rings (SSSR count). The van der Waals surface area contributed by atoms with E-state index >= 15 is 0 Å². The van der Waals surface area contributed by atoms with Crippen LogP contribution in [0.1, 0.15) is 24.6 Å². The highest BCUT2D eigenvalue weighted by Crippen LogP contribution is 2.11. The summed E-state index contributed by atoms with van der Waals surface area (Å²) in [4.78, 5) is 6.38. The lowest BCUT2D eigenvalue weighted by Crippen LogP contribution is -2.35. The molecule has 1 aromatic rings. The Morgan fingerprint density at radius 1 is 1.50 bits per heavy atom. The molecule has 5 nitrogen and oxygen atoms in total. The van der Waals surface area contributed by atoms with E-state index in [2.05, 4.69) is 15.0 Å². The summed E-state index contributed by atoms with van der Waals surface area (Å²) in [7, 11) is 0. The first kappa shape index (κ1) is 9.61. The summed E-state index contributed by atoms with van der Waals surface area (Å²) in [6, 6.07) is 0. The van der Waals surface area contributed by atoms with Crippen molar-refractivity contribution in [2.24, 2.45) is 0 Å². The monoisotopic (exact) mass is 197 g/mol. The van der Waals surface area contributed by atoms with Crippen LogP contribution in [0.4, 0.5) is 0 Å². The minimum Gasteiger partial charge on any atom is -0.393 e. The van der Waals surface area contributed by atoms with Gasteiger partial charge in [-0.05, 0) is 12.8 Å². The largest absolute Gasteiger partial charge is 0.393 e. The maximum absolute atomic E-state index is 9.32. The number of rotatable bonds is 2. The van der Waals surface area contributed by atoms with Gasteiger partial charge in [-0.2, -0.15) is 4.98 Å². The van der Waals surface area contributed by atoms with Crippen LogP contribution in [0.5, 0.6) is 0 Å². The van der Waals surface area contributed by atoms with Gasteiger partial charge in [-0.1, -0.05) is 5.16 Å². The topological polar surface area (TPSA) is 62.4 Å². The molecule has 0 bridgehead atoms. The first-order valence-corrected chi connectivity index (χ1v) is 4.93. The van der Waals surface area contributed by atoms with E-state index in [0.29, 0.717) is 5.89 Å². The van der Waals surface area contributed by atoms with Gasteiger partial charge in [0.15, 0.2) is 5.82 Å². The van der Waals surface area contributed by atoms with Gasteiger partial charge >= 0.3 is 0 Å². The molecule has 14 heavy (non-hydrogen) atoms. The number of nitrogens with zero attached hydrogens (tertiary/aromatic N) is 3. The van der Waals surface area contributed by atoms with Crippen LogP contribution < -0.4 is 0 Å². The van der Waals surface area contributed by atoms with E-state index in [0.717, 1.165) is 38.3 Å². The molecule has 0 amide bonds. The second-order valence-corrected chi connectivity index (χ2v) is 3.74. The number of hydrogen-bond acceptors (Lipinski definition) is 5. The second-order valence-electron chi connectivity index (χ2n) is 3.74. The number of aromatic nitrogens is 2. The lowest BCUT2D eigenvalue weighted by atomic mass is 10.1. The molecule has 0 saturated carbocycles. The van der Waals surface area contributed by atoms with Crippen LogP contribution in [-0.2, 0) is 6.54 Å². The van der Waals surface area contributed by atoms with Crippen LogP contribution in [0.25, 0.3) is 0 Å². The predicted molar refractivity (Wildman–Crippen MR) is 49.6 cm³/mol. The third-order valence-corrected chi connectivity index (χ3v) is 2.49. The van der Waals surface area contributed by atoms with Gasteiger partial charge in [0.2, 0.25) is 5.89 Å². The number of piperidine rings is 1. The van der Waals surface area contributed by atoms with E-state index in [4.69, 9.17) is 4.52 Å². The van der Waals surface area contributed by atoms with Crippen molar-refractivity contribution in [3.8, 4) is 0 Å². The Morgan fingerprint density at radius 2 is 2.21 bits per heavy atom. The molecule has 1 aliphatic rings. The summed E-state index contributed by atoms with van der Waals surface area (Å²) in [6.45, 7) is 4.34. The van der Waals surface area contributed by atoms with Crippen molar-refractivity contribution in [3.63, 3.8) is 0 Å². The fourth-order valence-corrected chi connectivity index (χ4v) is 1.68. The van der Waals surface area contributed by atoms with Crippen LogP contribution in [0.2, 0.25) is 0 Å². The third kappa shape index (κ3) is 2.30. The van der Waals surface area contributed by atoms with Crippen LogP contribution in [0.15, 0.2) is 4.52 Å². The fourth-order valence-electron chi connectivity index (χ4n) is 1.68. The van der Waals surface area contributed by atoms with Gasteiger partial charge in [-0.15, -0.1) is 0 Å². The molecule has 0 aromatic carbocycles. The van der Waals surface area contributed by atoms with Crippen molar-refractivity contribution in [1.29, 1.82) is 0 Å². The van der Waals surface area contributed by atoms with Crippen LogP contribution in [0.3, 0.4) is 0 Å². The van der Waals surface area contributed by atoms with Gasteiger partial charge in [0.1, 0.15) is 0 Å². The molecule has 1 fully saturated rings. The molecule has 1 N–H and O–H groups in total.